The van der Waals surface area contributed by atoms with Crippen LogP contribution < -0.4 is 0 Å². The number of carboxylic acids is 1. The molecule has 5 nitrogen and oxygen atoms in total. The van der Waals surface area contributed by atoms with Crippen molar-refractivity contribution < 1.29 is 9.90 Å². The topological polar surface area (TPSA) is 68.0 Å². The number of aryl methyl sites for hydroxylation is 1. The fourth-order valence-corrected chi connectivity index (χ4v) is 2.69. The first-order valence-electron chi connectivity index (χ1n) is 5.50. The molecule has 0 saturated carbocycles. The summed E-state index contributed by atoms with van der Waals surface area (Å²) in [7, 11) is 1.83. The van der Waals surface area contributed by atoms with Gasteiger partial charge in [0.2, 0.25) is 0 Å². The van der Waals surface area contributed by atoms with Gasteiger partial charge in [-0.05, 0) is 28.4 Å². The van der Waals surface area contributed by atoms with Gasteiger partial charge in [0, 0.05) is 17.1 Å². The zero-order valence-electron chi connectivity index (χ0n) is 10.4. The SMILES string of the molecule is Cc1cccc(-c2nnc(SCC(=O)O)n2C)c1Br. The number of aromatic nitrogens is 3. The summed E-state index contributed by atoms with van der Waals surface area (Å²) in [4.78, 5) is 10.6. The Bertz CT molecular complexity index is 627. The van der Waals surface area contributed by atoms with Crippen LogP contribution in [0.5, 0.6) is 0 Å². The molecule has 0 unspecified atom stereocenters. The average molecular weight is 342 g/mol. The molecular formula is C12H12BrN3O2S. The molecule has 0 atom stereocenters. The van der Waals surface area contributed by atoms with Crippen molar-refractivity contribution in [1.82, 2.24) is 14.8 Å². The summed E-state index contributed by atoms with van der Waals surface area (Å²) < 4.78 is 2.77. The van der Waals surface area contributed by atoms with Gasteiger partial charge in [-0.3, -0.25) is 4.79 Å². The monoisotopic (exact) mass is 341 g/mol. The van der Waals surface area contributed by atoms with Gasteiger partial charge in [0.1, 0.15) is 0 Å². The van der Waals surface area contributed by atoms with E-state index in [1.807, 2.05) is 32.2 Å². The Morgan fingerprint density at radius 2 is 2.21 bits per heavy atom. The van der Waals surface area contributed by atoms with Gasteiger partial charge < -0.3 is 9.67 Å². The van der Waals surface area contributed by atoms with E-state index in [-0.39, 0.29) is 5.75 Å². The number of carbonyl (C=O) groups is 1. The Morgan fingerprint density at radius 1 is 1.47 bits per heavy atom. The molecule has 0 fully saturated rings. The van der Waals surface area contributed by atoms with E-state index in [0.29, 0.717) is 11.0 Å². The third kappa shape index (κ3) is 2.98. The third-order valence-corrected chi connectivity index (χ3v) is 4.65. The van der Waals surface area contributed by atoms with Crippen molar-refractivity contribution in [1.29, 1.82) is 0 Å². The first-order valence-corrected chi connectivity index (χ1v) is 7.28. The van der Waals surface area contributed by atoms with Gasteiger partial charge in [-0.25, -0.2) is 0 Å². The first-order chi connectivity index (χ1) is 9.00. The van der Waals surface area contributed by atoms with E-state index in [9.17, 15) is 4.79 Å². The molecule has 2 aromatic rings. The standard InChI is InChI=1S/C12H12BrN3O2S/c1-7-4-3-5-8(10(7)13)11-14-15-12(16(11)2)19-6-9(17)18/h3-5H,6H2,1-2H3,(H,17,18). The number of aliphatic carboxylic acids is 1. The number of rotatable bonds is 4. The Labute approximate surface area is 123 Å². The maximum absolute atomic E-state index is 10.6. The molecule has 1 heterocycles. The highest BCUT2D eigenvalue weighted by Gasteiger charge is 2.15. The molecule has 0 radical (unpaired) electrons. The number of hydrogen-bond donors (Lipinski definition) is 1. The van der Waals surface area contributed by atoms with Crippen LogP contribution in [0.3, 0.4) is 0 Å². The summed E-state index contributed by atoms with van der Waals surface area (Å²) in [5.41, 5.74) is 2.05. The molecule has 0 bridgehead atoms. The predicted molar refractivity (Wildman–Crippen MR) is 77.2 cm³/mol. The smallest absolute Gasteiger partial charge is 0.313 e. The lowest BCUT2D eigenvalue weighted by Gasteiger charge is -2.07. The predicted octanol–water partition coefficient (Wildman–Crippen LogP) is 2.73. The molecule has 1 N–H and O–H groups in total. The molecule has 0 spiro atoms. The average Bonchev–Trinajstić information content (AvgIpc) is 2.72. The van der Waals surface area contributed by atoms with E-state index in [1.54, 1.807) is 4.57 Å². The van der Waals surface area contributed by atoms with Crippen molar-refractivity contribution in [3.8, 4) is 11.4 Å². The molecule has 1 aromatic carbocycles. The summed E-state index contributed by atoms with van der Waals surface area (Å²) in [6.45, 7) is 2.00. The van der Waals surface area contributed by atoms with E-state index in [1.165, 1.54) is 0 Å². The first kappa shape index (κ1) is 14.1. The van der Waals surface area contributed by atoms with E-state index < -0.39 is 5.97 Å². The molecule has 7 heteroatoms. The van der Waals surface area contributed by atoms with Crippen LogP contribution in [0.15, 0.2) is 27.8 Å². The fourth-order valence-electron chi connectivity index (χ4n) is 1.62. The van der Waals surface area contributed by atoms with Gasteiger partial charge in [0.15, 0.2) is 11.0 Å². The quantitative estimate of drug-likeness (QED) is 0.866. The summed E-state index contributed by atoms with van der Waals surface area (Å²) in [6, 6.07) is 5.91. The van der Waals surface area contributed by atoms with Crippen molar-refractivity contribution in [2.24, 2.45) is 7.05 Å². The lowest BCUT2D eigenvalue weighted by molar-refractivity contribution is -0.133. The second-order valence-corrected chi connectivity index (χ2v) is 5.72. The second kappa shape index (κ2) is 5.75. The number of hydrogen-bond acceptors (Lipinski definition) is 4. The van der Waals surface area contributed by atoms with Gasteiger partial charge in [-0.2, -0.15) is 0 Å². The minimum absolute atomic E-state index is 0.0268. The summed E-state index contributed by atoms with van der Waals surface area (Å²) in [6.07, 6.45) is 0. The highest BCUT2D eigenvalue weighted by atomic mass is 79.9. The molecule has 0 aliphatic rings. The maximum Gasteiger partial charge on any atom is 0.313 e. The van der Waals surface area contributed by atoms with Gasteiger partial charge in [-0.1, -0.05) is 30.0 Å². The zero-order chi connectivity index (χ0) is 14.0. The molecule has 0 aliphatic heterocycles. The van der Waals surface area contributed by atoms with E-state index in [2.05, 4.69) is 26.1 Å². The maximum atomic E-state index is 10.6. The van der Waals surface area contributed by atoms with Crippen molar-refractivity contribution in [3.05, 3.63) is 28.2 Å². The normalized spacial score (nSPS) is 10.7. The minimum Gasteiger partial charge on any atom is -0.481 e. The highest BCUT2D eigenvalue weighted by Crippen LogP contribution is 2.30. The van der Waals surface area contributed by atoms with Crippen LogP contribution in [0.2, 0.25) is 0 Å². The van der Waals surface area contributed by atoms with Crippen LogP contribution >= 0.6 is 27.7 Å². The van der Waals surface area contributed by atoms with Gasteiger partial charge in [0.05, 0.1) is 5.75 Å². The van der Waals surface area contributed by atoms with E-state index in [4.69, 9.17) is 5.11 Å². The fraction of sp³-hybridized carbons (Fsp3) is 0.250. The molecule has 100 valence electrons. The van der Waals surface area contributed by atoms with Crippen LogP contribution in [-0.4, -0.2) is 31.6 Å². The largest absolute Gasteiger partial charge is 0.481 e. The van der Waals surface area contributed by atoms with E-state index >= 15 is 0 Å². The summed E-state index contributed by atoms with van der Waals surface area (Å²) in [5, 5.41) is 17.4. The van der Waals surface area contributed by atoms with Crippen LogP contribution in [0.25, 0.3) is 11.4 Å². The van der Waals surface area contributed by atoms with Crippen molar-refractivity contribution in [2.45, 2.75) is 12.1 Å². The third-order valence-electron chi connectivity index (χ3n) is 2.59. The van der Waals surface area contributed by atoms with Crippen LogP contribution in [0.1, 0.15) is 5.56 Å². The number of thioether (sulfide) groups is 1. The lowest BCUT2D eigenvalue weighted by Crippen LogP contribution is -2.01. The molecule has 19 heavy (non-hydrogen) atoms. The van der Waals surface area contributed by atoms with Crippen molar-refractivity contribution >= 4 is 33.7 Å². The summed E-state index contributed by atoms with van der Waals surface area (Å²) >= 11 is 4.70. The molecule has 0 amide bonds. The Balaban J connectivity index is 2.36. The minimum atomic E-state index is -0.869. The zero-order valence-corrected chi connectivity index (χ0v) is 12.8. The highest BCUT2D eigenvalue weighted by molar-refractivity contribution is 9.10. The van der Waals surface area contributed by atoms with Crippen LogP contribution in [0.4, 0.5) is 0 Å². The molecule has 2 rings (SSSR count). The van der Waals surface area contributed by atoms with Gasteiger partial charge in [-0.15, -0.1) is 10.2 Å². The van der Waals surface area contributed by atoms with Crippen molar-refractivity contribution in [2.75, 3.05) is 5.75 Å². The number of benzene rings is 1. The number of nitrogens with zero attached hydrogens (tertiary/aromatic N) is 3. The van der Waals surface area contributed by atoms with Crippen molar-refractivity contribution in [3.63, 3.8) is 0 Å². The summed E-state index contributed by atoms with van der Waals surface area (Å²) in [5.74, 6) is -0.184. The molecular weight excluding hydrogens is 330 g/mol. The molecule has 0 saturated heterocycles. The van der Waals surface area contributed by atoms with E-state index in [0.717, 1.165) is 27.4 Å². The van der Waals surface area contributed by atoms with Gasteiger partial charge in [0.25, 0.3) is 0 Å². The second-order valence-electron chi connectivity index (χ2n) is 3.98. The Morgan fingerprint density at radius 3 is 2.89 bits per heavy atom. The molecule has 1 aromatic heterocycles. The Kier molecular flexibility index (Phi) is 4.26. The lowest BCUT2D eigenvalue weighted by atomic mass is 10.1. The number of halogens is 1. The number of carboxylic acid groups (broad SMARTS) is 1. The van der Waals surface area contributed by atoms with Gasteiger partial charge >= 0.3 is 5.97 Å². The molecule has 0 aliphatic carbocycles. The van der Waals surface area contributed by atoms with Crippen LogP contribution in [-0.2, 0) is 11.8 Å². The van der Waals surface area contributed by atoms with Crippen LogP contribution in [0, 0.1) is 6.92 Å². The Hall–Kier alpha value is -1.34.